The summed E-state index contributed by atoms with van der Waals surface area (Å²) in [6.45, 7) is 0.849. The Bertz CT molecular complexity index is 259. The van der Waals surface area contributed by atoms with Gasteiger partial charge >= 0.3 is 0 Å². The molecule has 1 saturated heterocycles. The fraction of sp³-hybridized carbons (Fsp3) is 0.667. The molecule has 2 rings (SSSR count). The lowest BCUT2D eigenvalue weighted by Crippen LogP contribution is -2.39. The van der Waals surface area contributed by atoms with Crippen LogP contribution in [0.1, 0.15) is 30.2 Å². The number of nitrogens with one attached hydrogen (secondary N) is 1. The Morgan fingerprint density at radius 3 is 3.14 bits per heavy atom. The lowest BCUT2D eigenvalue weighted by atomic mass is 10.0. The van der Waals surface area contributed by atoms with Crippen LogP contribution in [0.25, 0.3) is 0 Å². The van der Waals surface area contributed by atoms with Gasteiger partial charge in [0.2, 0.25) is 0 Å². The van der Waals surface area contributed by atoms with Crippen LogP contribution in [-0.2, 0) is 4.74 Å². The van der Waals surface area contributed by atoms with E-state index in [9.17, 15) is 0 Å². The Kier molecular flexibility index (Phi) is 3.47. The molecule has 0 amide bonds. The van der Waals surface area contributed by atoms with Crippen LogP contribution in [0.15, 0.2) is 11.7 Å². The van der Waals surface area contributed by atoms with Gasteiger partial charge in [0.15, 0.2) is 0 Å². The molecule has 1 aromatic rings. The average molecular weight is 213 g/mol. The minimum absolute atomic E-state index is 0.0998. The molecule has 0 spiro atoms. The van der Waals surface area contributed by atoms with Crippen LogP contribution in [0.4, 0.5) is 0 Å². The zero-order chi connectivity index (χ0) is 9.80. The van der Waals surface area contributed by atoms with E-state index in [0.29, 0.717) is 0 Å². The molecule has 4 nitrogen and oxygen atoms in total. The van der Waals surface area contributed by atoms with E-state index in [4.69, 9.17) is 10.6 Å². The van der Waals surface area contributed by atoms with Crippen LogP contribution in [0.5, 0.6) is 0 Å². The van der Waals surface area contributed by atoms with E-state index in [1.807, 2.05) is 11.7 Å². The summed E-state index contributed by atoms with van der Waals surface area (Å²) < 4.78 is 5.69. The van der Waals surface area contributed by atoms with Gasteiger partial charge in [-0.1, -0.05) is 0 Å². The molecule has 78 valence electrons. The van der Waals surface area contributed by atoms with Gasteiger partial charge in [0.05, 0.1) is 17.7 Å². The summed E-state index contributed by atoms with van der Waals surface area (Å²) in [7, 11) is 0. The second-order valence-electron chi connectivity index (χ2n) is 3.45. The first-order valence-electron chi connectivity index (χ1n) is 4.88. The highest BCUT2D eigenvalue weighted by Gasteiger charge is 2.25. The fourth-order valence-electron chi connectivity index (χ4n) is 1.78. The first-order valence-corrected chi connectivity index (χ1v) is 5.76. The Hall–Kier alpha value is -0.490. The number of nitrogens with zero attached hydrogens (tertiary/aromatic N) is 1. The van der Waals surface area contributed by atoms with E-state index < -0.39 is 0 Å². The maximum atomic E-state index is 5.69. The second-order valence-corrected chi connectivity index (χ2v) is 4.37. The molecule has 0 radical (unpaired) electrons. The van der Waals surface area contributed by atoms with Crippen LogP contribution < -0.4 is 11.3 Å². The molecule has 3 N–H and O–H groups in total. The molecule has 14 heavy (non-hydrogen) atoms. The molecule has 0 aliphatic carbocycles. The minimum atomic E-state index is 0.0998. The molecule has 2 heterocycles. The molecule has 0 saturated carbocycles. The van der Waals surface area contributed by atoms with Crippen LogP contribution in [0.3, 0.4) is 0 Å². The molecule has 0 aromatic carbocycles. The maximum absolute atomic E-state index is 5.69. The normalized spacial score (nSPS) is 24.8. The standard InChI is InChI=1S/C9H15N3OS/c10-12-9(8-5-11-6-14-8)7-3-1-2-4-13-7/h5-7,9,12H,1-4,10H2. The monoisotopic (exact) mass is 213 g/mol. The Balaban J connectivity index is 2.04. The summed E-state index contributed by atoms with van der Waals surface area (Å²) in [5.41, 5.74) is 4.64. The highest BCUT2D eigenvalue weighted by atomic mass is 32.1. The van der Waals surface area contributed by atoms with Crippen molar-refractivity contribution in [2.24, 2.45) is 5.84 Å². The maximum Gasteiger partial charge on any atom is 0.0830 e. The third kappa shape index (κ3) is 2.12. The van der Waals surface area contributed by atoms with Crippen LogP contribution in [0, 0.1) is 0 Å². The van der Waals surface area contributed by atoms with Gasteiger partial charge in [-0.15, -0.1) is 11.3 Å². The SMILES string of the molecule is NNC(c1cncs1)C1CCCCO1. The molecular formula is C9H15N3OS. The van der Waals surface area contributed by atoms with Crippen LogP contribution in [0.2, 0.25) is 0 Å². The Morgan fingerprint density at radius 1 is 1.64 bits per heavy atom. The largest absolute Gasteiger partial charge is 0.376 e. The Labute approximate surface area is 87.4 Å². The van der Waals surface area contributed by atoms with Gasteiger partial charge in [-0.25, -0.2) is 5.43 Å². The van der Waals surface area contributed by atoms with E-state index in [-0.39, 0.29) is 12.1 Å². The molecule has 2 unspecified atom stereocenters. The number of nitrogens with two attached hydrogens (primary N) is 1. The van der Waals surface area contributed by atoms with Gasteiger partial charge in [-0.2, -0.15) is 0 Å². The van der Waals surface area contributed by atoms with Crippen molar-refractivity contribution in [1.82, 2.24) is 10.4 Å². The molecule has 0 bridgehead atoms. The minimum Gasteiger partial charge on any atom is -0.376 e. The number of hydrogen-bond donors (Lipinski definition) is 2. The molecule has 5 heteroatoms. The van der Waals surface area contributed by atoms with Crippen molar-refractivity contribution in [2.75, 3.05) is 6.61 Å². The van der Waals surface area contributed by atoms with E-state index >= 15 is 0 Å². The van der Waals surface area contributed by atoms with Gasteiger partial charge in [0, 0.05) is 17.7 Å². The summed E-state index contributed by atoms with van der Waals surface area (Å²) in [6.07, 6.45) is 5.52. The molecule has 1 fully saturated rings. The number of ether oxygens (including phenoxy) is 1. The van der Waals surface area contributed by atoms with Crippen LogP contribution >= 0.6 is 11.3 Å². The molecule has 1 aromatic heterocycles. The molecule has 1 aliphatic rings. The summed E-state index contributed by atoms with van der Waals surface area (Å²) >= 11 is 1.62. The van der Waals surface area contributed by atoms with E-state index in [0.717, 1.165) is 24.3 Å². The fourth-order valence-corrected chi connectivity index (χ4v) is 2.51. The highest BCUT2D eigenvalue weighted by molar-refractivity contribution is 7.09. The first-order chi connectivity index (χ1) is 6.92. The summed E-state index contributed by atoms with van der Waals surface area (Å²) in [6, 6.07) is 0.0998. The average Bonchev–Trinajstić information content (AvgIpc) is 2.74. The topological polar surface area (TPSA) is 60.2 Å². The molecule has 2 atom stereocenters. The van der Waals surface area contributed by atoms with Crippen molar-refractivity contribution in [1.29, 1.82) is 0 Å². The van der Waals surface area contributed by atoms with Gasteiger partial charge < -0.3 is 4.74 Å². The Morgan fingerprint density at radius 2 is 2.57 bits per heavy atom. The summed E-state index contributed by atoms with van der Waals surface area (Å²) in [5, 5.41) is 0. The zero-order valence-electron chi connectivity index (χ0n) is 7.98. The third-order valence-electron chi connectivity index (χ3n) is 2.52. The molecular weight excluding hydrogens is 198 g/mol. The number of aromatic nitrogens is 1. The number of rotatable bonds is 3. The van der Waals surface area contributed by atoms with Crippen molar-refractivity contribution >= 4 is 11.3 Å². The first kappa shape index (κ1) is 10.0. The number of thiazole rings is 1. The van der Waals surface area contributed by atoms with Crippen LogP contribution in [-0.4, -0.2) is 17.7 Å². The molecule has 1 aliphatic heterocycles. The van der Waals surface area contributed by atoms with Crippen molar-refractivity contribution in [3.63, 3.8) is 0 Å². The third-order valence-corrected chi connectivity index (χ3v) is 3.38. The van der Waals surface area contributed by atoms with Crippen molar-refractivity contribution < 1.29 is 4.74 Å². The zero-order valence-corrected chi connectivity index (χ0v) is 8.80. The van der Waals surface area contributed by atoms with Crippen molar-refractivity contribution in [3.05, 3.63) is 16.6 Å². The van der Waals surface area contributed by atoms with Crippen molar-refractivity contribution in [2.45, 2.75) is 31.4 Å². The van der Waals surface area contributed by atoms with E-state index in [2.05, 4.69) is 10.4 Å². The second kappa shape index (κ2) is 4.84. The number of hydrogen-bond acceptors (Lipinski definition) is 5. The predicted octanol–water partition coefficient (Wildman–Crippen LogP) is 1.22. The lowest BCUT2D eigenvalue weighted by molar-refractivity contribution is -0.00751. The predicted molar refractivity (Wildman–Crippen MR) is 55.8 cm³/mol. The summed E-state index contributed by atoms with van der Waals surface area (Å²) in [5.74, 6) is 5.54. The smallest absolute Gasteiger partial charge is 0.0830 e. The lowest BCUT2D eigenvalue weighted by Gasteiger charge is -2.29. The van der Waals surface area contributed by atoms with E-state index in [1.54, 1.807) is 11.3 Å². The van der Waals surface area contributed by atoms with Gasteiger partial charge in [0.25, 0.3) is 0 Å². The quantitative estimate of drug-likeness (QED) is 0.585. The highest BCUT2D eigenvalue weighted by Crippen LogP contribution is 2.27. The van der Waals surface area contributed by atoms with Crippen molar-refractivity contribution in [3.8, 4) is 0 Å². The van der Waals surface area contributed by atoms with E-state index in [1.165, 1.54) is 6.42 Å². The van der Waals surface area contributed by atoms with Gasteiger partial charge in [-0.05, 0) is 19.3 Å². The van der Waals surface area contributed by atoms with Gasteiger partial charge in [-0.3, -0.25) is 10.8 Å². The summed E-state index contributed by atoms with van der Waals surface area (Å²) in [4.78, 5) is 5.21. The number of hydrazine groups is 1. The van der Waals surface area contributed by atoms with Gasteiger partial charge in [0.1, 0.15) is 0 Å².